The summed E-state index contributed by atoms with van der Waals surface area (Å²) in [6.07, 6.45) is 1.08. The van der Waals surface area contributed by atoms with Gasteiger partial charge in [0.1, 0.15) is 11.5 Å². The van der Waals surface area contributed by atoms with Crippen LogP contribution in [0.15, 0.2) is 59.7 Å². The summed E-state index contributed by atoms with van der Waals surface area (Å²) in [6.45, 7) is 0. The molecule has 3 aromatic rings. The van der Waals surface area contributed by atoms with Crippen LogP contribution in [0.5, 0.6) is 11.5 Å². The Balaban J connectivity index is 1.81. The zero-order valence-corrected chi connectivity index (χ0v) is 13.3. The summed E-state index contributed by atoms with van der Waals surface area (Å²) in [5.41, 5.74) is 2.10. The lowest BCUT2D eigenvalue weighted by atomic mass is 10.1. The van der Waals surface area contributed by atoms with Crippen LogP contribution in [-0.4, -0.2) is 27.3 Å². The normalized spacial score (nSPS) is 10.9. The minimum Gasteiger partial charge on any atom is -0.507 e. The van der Waals surface area contributed by atoms with Crippen LogP contribution in [0, 0.1) is 10.1 Å². The molecular weight excluding hydrogens is 338 g/mol. The van der Waals surface area contributed by atoms with Crippen LogP contribution in [0.4, 0.5) is 5.69 Å². The molecule has 1 amide bonds. The lowest BCUT2D eigenvalue weighted by Crippen LogP contribution is -2.17. The summed E-state index contributed by atoms with van der Waals surface area (Å²) in [5, 5.41) is 35.7. The van der Waals surface area contributed by atoms with Crippen molar-refractivity contribution in [2.24, 2.45) is 5.10 Å². The number of nitrogens with one attached hydrogen (secondary N) is 1. The number of hydrogen-bond donors (Lipinski definition) is 3. The Morgan fingerprint density at radius 1 is 1.04 bits per heavy atom. The SMILES string of the molecule is O=C(NN=Cc1cc([N+](=O)[O-])ccc1O)c1cc2ccccc2cc1O. The molecule has 0 fully saturated rings. The second-order valence-corrected chi connectivity index (χ2v) is 5.42. The maximum atomic E-state index is 12.2. The predicted octanol–water partition coefficient (Wildman–Crippen LogP) is 2.92. The lowest BCUT2D eigenvalue weighted by molar-refractivity contribution is -0.384. The minimum atomic E-state index is -0.658. The van der Waals surface area contributed by atoms with Gasteiger partial charge < -0.3 is 10.2 Å². The number of hydrogen-bond acceptors (Lipinski definition) is 6. The molecule has 0 atom stereocenters. The molecule has 3 rings (SSSR count). The Morgan fingerprint density at radius 3 is 2.42 bits per heavy atom. The number of nitro benzene ring substituents is 1. The van der Waals surface area contributed by atoms with Gasteiger partial charge in [-0.15, -0.1) is 0 Å². The summed E-state index contributed by atoms with van der Waals surface area (Å²) in [5.74, 6) is -1.08. The lowest BCUT2D eigenvalue weighted by Gasteiger charge is -2.06. The van der Waals surface area contributed by atoms with E-state index in [1.165, 1.54) is 12.1 Å². The fourth-order valence-electron chi connectivity index (χ4n) is 2.39. The van der Waals surface area contributed by atoms with Gasteiger partial charge in [0, 0.05) is 17.7 Å². The molecule has 0 saturated heterocycles. The van der Waals surface area contributed by atoms with Crippen molar-refractivity contribution in [3.8, 4) is 11.5 Å². The number of non-ortho nitro benzene ring substituents is 1. The van der Waals surface area contributed by atoms with E-state index in [9.17, 15) is 25.1 Å². The Morgan fingerprint density at radius 2 is 1.73 bits per heavy atom. The van der Waals surface area contributed by atoms with Crippen LogP contribution >= 0.6 is 0 Å². The molecule has 3 aromatic carbocycles. The first-order valence-corrected chi connectivity index (χ1v) is 7.48. The molecular formula is C18H13N3O5. The number of carbonyl (C=O) groups excluding carboxylic acids is 1. The van der Waals surface area contributed by atoms with E-state index in [1.54, 1.807) is 12.1 Å². The molecule has 130 valence electrons. The summed E-state index contributed by atoms with van der Waals surface area (Å²) in [7, 11) is 0. The monoisotopic (exact) mass is 351 g/mol. The van der Waals surface area contributed by atoms with Crippen LogP contribution < -0.4 is 5.43 Å². The Labute approximate surface area is 147 Å². The van der Waals surface area contributed by atoms with Crippen molar-refractivity contribution in [3.05, 3.63) is 75.8 Å². The number of rotatable bonds is 4. The van der Waals surface area contributed by atoms with Gasteiger partial charge >= 0.3 is 0 Å². The van der Waals surface area contributed by atoms with Crippen molar-refractivity contribution in [1.82, 2.24) is 5.43 Å². The topological polar surface area (TPSA) is 125 Å². The number of nitro groups is 1. The number of aromatic hydroxyl groups is 2. The maximum Gasteiger partial charge on any atom is 0.275 e. The largest absolute Gasteiger partial charge is 0.507 e. The van der Waals surface area contributed by atoms with Crippen molar-refractivity contribution in [1.29, 1.82) is 0 Å². The number of benzene rings is 3. The summed E-state index contributed by atoms with van der Waals surface area (Å²) < 4.78 is 0. The van der Waals surface area contributed by atoms with Gasteiger partial charge in [-0.2, -0.15) is 5.10 Å². The minimum absolute atomic E-state index is 0.0316. The molecule has 0 heterocycles. The maximum absolute atomic E-state index is 12.2. The quantitative estimate of drug-likeness (QED) is 0.378. The number of phenols is 2. The van der Waals surface area contributed by atoms with Gasteiger partial charge in [-0.05, 0) is 29.0 Å². The standard InChI is InChI=1S/C18H13N3O5/c22-16-6-5-14(21(25)26)7-13(16)10-19-20-18(24)15-8-11-3-1-2-4-12(11)9-17(15)23/h1-10,22-23H,(H,20,24). The van der Waals surface area contributed by atoms with E-state index in [4.69, 9.17) is 0 Å². The highest BCUT2D eigenvalue weighted by Crippen LogP contribution is 2.25. The predicted molar refractivity (Wildman–Crippen MR) is 95.4 cm³/mol. The van der Waals surface area contributed by atoms with Gasteiger partial charge in [0.25, 0.3) is 11.6 Å². The number of fused-ring (bicyclic) bond motifs is 1. The third kappa shape index (κ3) is 3.44. The van der Waals surface area contributed by atoms with Gasteiger partial charge in [-0.25, -0.2) is 5.43 Å². The number of nitrogens with zero attached hydrogens (tertiary/aromatic N) is 2. The van der Waals surface area contributed by atoms with E-state index in [1.807, 2.05) is 12.1 Å². The molecule has 8 nitrogen and oxygen atoms in total. The molecule has 0 spiro atoms. The molecule has 0 aliphatic carbocycles. The van der Waals surface area contributed by atoms with E-state index in [2.05, 4.69) is 10.5 Å². The van der Waals surface area contributed by atoms with E-state index in [0.29, 0.717) is 0 Å². The first-order valence-electron chi connectivity index (χ1n) is 7.48. The number of hydrazone groups is 1. The zero-order valence-electron chi connectivity index (χ0n) is 13.3. The molecule has 26 heavy (non-hydrogen) atoms. The average molecular weight is 351 g/mol. The van der Waals surface area contributed by atoms with E-state index in [-0.39, 0.29) is 28.3 Å². The molecule has 8 heteroatoms. The smallest absolute Gasteiger partial charge is 0.275 e. The number of phenolic OH excluding ortho intramolecular Hbond substituents is 2. The molecule has 0 aliphatic rings. The highest BCUT2D eigenvalue weighted by atomic mass is 16.6. The number of amides is 1. The fraction of sp³-hybridized carbons (Fsp3) is 0. The molecule has 0 radical (unpaired) electrons. The van der Waals surface area contributed by atoms with Crippen LogP contribution in [0.2, 0.25) is 0 Å². The second kappa shape index (κ2) is 6.89. The first-order chi connectivity index (χ1) is 12.5. The summed E-state index contributed by atoms with van der Waals surface area (Å²) in [6, 6.07) is 13.7. The fourth-order valence-corrected chi connectivity index (χ4v) is 2.39. The molecule has 0 unspecified atom stereocenters. The highest BCUT2D eigenvalue weighted by molar-refractivity contribution is 6.01. The third-order valence-corrected chi connectivity index (χ3v) is 3.70. The van der Waals surface area contributed by atoms with Crippen molar-refractivity contribution < 1.29 is 19.9 Å². The Hall–Kier alpha value is -3.94. The third-order valence-electron chi connectivity index (χ3n) is 3.70. The van der Waals surface area contributed by atoms with Crippen LogP contribution in [0.1, 0.15) is 15.9 Å². The van der Waals surface area contributed by atoms with Gasteiger partial charge in [0.05, 0.1) is 16.7 Å². The number of carbonyl (C=O) groups is 1. The van der Waals surface area contributed by atoms with Crippen LogP contribution in [0.3, 0.4) is 0 Å². The zero-order chi connectivity index (χ0) is 18.7. The van der Waals surface area contributed by atoms with Gasteiger partial charge in [0.2, 0.25) is 0 Å². The summed E-state index contributed by atoms with van der Waals surface area (Å²) >= 11 is 0. The molecule has 3 N–H and O–H groups in total. The first kappa shape index (κ1) is 16.9. The molecule has 0 aliphatic heterocycles. The Kier molecular flexibility index (Phi) is 4.48. The van der Waals surface area contributed by atoms with Gasteiger partial charge in [-0.1, -0.05) is 24.3 Å². The molecule has 0 aromatic heterocycles. The van der Waals surface area contributed by atoms with Crippen molar-refractivity contribution in [2.75, 3.05) is 0 Å². The van der Waals surface area contributed by atoms with E-state index >= 15 is 0 Å². The van der Waals surface area contributed by atoms with Crippen LogP contribution in [-0.2, 0) is 0 Å². The van der Waals surface area contributed by atoms with E-state index in [0.717, 1.165) is 35.2 Å². The Bertz CT molecular complexity index is 1050. The summed E-state index contributed by atoms with van der Waals surface area (Å²) in [4.78, 5) is 22.4. The van der Waals surface area contributed by atoms with Gasteiger partial charge in [-0.3, -0.25) is 14.9 Å². The van der Waals surface area contributed by atoms with Crippen molar-refractivity contribution in [3.63, 3.8) is 0 Å². The van der Waals surface area contributed by atoms with Gasteiger partial charge in [0.15, 0.2) is 0 Å². The van der Waals surface area contributed by atoms with Crippen molar-refractivity contribution in [2.45, 2.75) is 0 Å². The average Bonchev–Trinajstić information content (AvgIpc) is 2.62. The highest BCUT2D eigenvalue weighted by Gasteiger charge is 2.12. The van der Waals surface area contributed by atoms with Crippen LogP contribution in [0.25, 0.3) is 10.8 Å². The molecule has 0 saturated carbocycles. The molecule has 0 bridgehead atoms. The van der Waals surface area contributed by atoms with Crippen molar-refractivity contribution >= 4 is 28.6 Å². The van der Waals surface area contributed by atoms with E-state index < -0.39 is 10.8 Å². The second-order valence-electron chi connectivity index (χ2n) is 5.42.